The molecule has 0 aliphatic heterocycles. The maximum atomic E-state index is 10.7. The molecule has 0 saturated heterocycles. The summed E-state index contributed by atoms with van der Waals surface area (Å²) in [6.45, 7) is 0.264. The van der Waals surface area contributed by atoms with Crippen molar-refractivity contribution in [1.29, 1.82) is 0 Å². The monoisotopic (exact) mass is 180 g/mol. The molecule has 0 fully saturated rings. The fourth-order valence-corrected chi connectivity index (χ4v) is 0. The molecule has 0 aromatic heterocycles. The predicted molar refractivity (Wildman–Crippen MR) is 26.5 cm³/mol. The van der Waals surface area contributed by atoms with Crippen LogP contribution in [0.5, 0.6) is 0 Å². The summed E-state index contributed by atoms with van der Waals surface area (Å²) in [4.78, 5) is 2.36. The van der Waals surface area contributed by atoms with Crippen molar-refractivity contribution < 1.29 is 38.0 Å². The van der Waals surface area contributed by atoms with E-state index in [0.29, 0.717) is 0 Å². The molecule has 9 heteroatoms. The van der Waals surface area contributed by atoms with Crippen molar-refractivity contribution in [3.8, 4) is 0 Å². The fourth-order valence-electron chi connectivity index (χ4n) is 0. The van der Waals surface area contributed by atoms with Crippen LogP contribution >= 0.6 is 0 Å². The molecule has 0 radical (unpaired) electrons. The van der Waals surface area contributed by atoms with Crippen molar-refractivity contribution in [1.82, 2.24) is 0 Å². The van der Waals surface area contributed by atoms with Crippen LogP contribution in [0.4, 0.5) is 18.0 Å². The smallest absolute Gasteiger partial charge is 0.400 e. The maximum absolute atomic E-state index is 10.7. The Morgan fingerprint density at radius 1 is 1.36 bits per heavy atom. The number of hydrogen-bond acceptors (Lipinski definition) is 3. The first-order chi connectivity index (χ1) is 4.83. The van der Waals surface area contributed by atoms with E-state index in [-0.39, 0.29) is 0 Å². The Bertz CT molecular complexity index is 87.9. The lowest BCUT2D eigenvalue weighted by Crippen LogP contribution is -2.16. The van der Waals surface area contributed by atoms with Crippen LogP contribution in [0.2, 0.25) is 0 Å². The third kappa shape index (κ3) is 26.2. The summed E-state index contributed by atoms with van der Waals surface area (Å²) in [5.74, 6) is 0. The number of quaternary nitrogens is 1. The number of nitrogens with zero attached hydrogens (tertiary/aromatic N) is 1. The molecule has 11 heavy (non-hydrogen) atoms. The molecule has 0 amide bonds. The Balaban J connectivity index is 0. The highest BCUT2D eigenvalue weighted by Gasteiger charge is 2.25. The minimum Gasteiger partial charge on any atom is -0.400 e. The van der Waals surface area contributed by atoms with Crippen LogP contribution in [0.25, 0.3) is 0 Å². The van der Waals surface area contributed by atoms with E-state index in [1.54, 1.807) is 0 Å². The van der Waals surface area contributed by atoms with Gasteiger partial charge in [0.05, 0.1) is 13.4 Å². The average molecular weight is 180 g/mol. The normalized spacial score (nSPS) is 10.1. The third-order valence-corrected chi connectivity index (χ3v) is 0.438. The van der Waals surface area contributed by atoms with Gasteiger partial charge in [0.1, 0.15) is 0 Å². The Hall–Kier alpha value is -0.375. The Morgan fingerprint density at radius 2 is 1.55 bits per heavy atom. The van der Waals surface area contributed by atoms with Gasteiger partial charge in [0.25, 0.3) is 0 Å². The highest BCUT2D eigenvalue weighted by atomic mass is 19.6. The zero-order valence-corrected chi connectivity index (χ0v) is 5.55. The molecule has 0 aliphatic rings. The molecular weight excluding hydrogens is 173 g/mol. The van der Waals surface area contributed by atoms with E-state index < -0.39 is 19.0 Å². The van der Waals surface area contributed by atoms with Crippen molar-refractivity contribution in [2.45, 2.75) is 6.92 Å². The van der Waals surface area contributed by atoms with Gasteiger partial charge in [-0.05, 0) is 6.92 Å². The van der Waals surface area contributed by atoms with Crippen LogP contribution in [0.3, 0.4) is 0 Å². The van der Waals surface area contributed by atoms with Gasteiger partial charge in [-0.1, -0.05) is 4.53 Å². The van der Waals surface area contributed by atoms with E-state index in [1.165, 1.54) is 0 Å². The largest absolute Gasteiger partial charge is 0.667 e. The molecule has 68 valence electrons. The molecule has 0 heterocycles. The van der Waals surface area contributed by atoms with E-state index in [0.717, 1.165) is 6.92 Å². The van der Waals surface area contributed by atoms with Gasteiger partial charge in [-0.15, -0.1) is 0 Å². The highest BCUT2D eigenvalue weighted by molar-refractivity contribution is 6.32. The van der Waals surface area contributed by atoms with E-state index in [4.69, 9.17) is 10.0 Å². The summed E-state index contributed by atoms with van der Waals surface area (Å²) < 4.78 is 42.3. The van der Waals surface area contributed by atoms with Crippen LogP contribution in [0, 0.1) is 0 Å². The summed E-state index contributed by atoms with van der Waals surface area (Å²) in [5.41, 5.74) is 0. The molecule has 0 bridgehead atoms. The zero-order valence-electron chi connectivity index (χ0n) is 5.55. The standard InChI is InChI=1S/C2H5F3N.BFH2O3/c1-2-6(3,4)5;2-5-1(3)4/h2H2,1H3;3-4H/q+1;. The van der Waals surface area contributed by atoms with Crippen LogP contribution in [-0.4, -0.2) is 29.1 Å². The average Bonchev–Trinajstić information content (AvgIpc) is 1.88. The molecule has 0 aliphatic carbocycles. The minimum atomic E-state index is -3.43. The summed E-state index contributed by atoms with van der Waals surface area (Å²) in [7, 11) is -2.28. The lowest BCUT2D eigenvalue weighted by Gasteiger charge is -1.90. The predicted octanol–water partition coefficient (Wildman–Crippen LogP) is 0.334. The summed E-state index contributed by atoms with van der Waals surface area (Å²) >= 11 is 0. The van der Waals surface area contributed by atoms with Gasteiger partial charge >= 0.3 is 7.32 Å². The van der Waals surface area contributed by atoms with Gasteiger partial charge in [0.15, 0.2) is 6.54 Å². The summed E-state index contributed by atoms with van der Waals surface area (Å²) in [6.07, 6.45) is 0. The Morgan fingerprint density at radius 3 is 1.55 bits per heavy atom. The zero-order chi connectivity index (χ0) is 9.49. The van der Waals surface area contributed by atoms with Crippen molar-refractivity contribution in [2.24, 2.45) is 0 Å². The summed E-state index contributed by atoms with van der Waals surface area (Å²) in [5, 5.41) is 11.2. The lowest BCUT2D eigenvalue weighted by atomic mass is 10.3. The fraction of sp³-hybridized carbons (Fsp3) is 1.00. The van der Waals surface area contributed by atoms with E-state index in [1.807, 2.05) is 0 Å². The van der Waals surface area contributed by atoms with Crippen LogP contribution in [-0.2, 0) is 4.86 Å². The van der Waals surface area contributed by atoms with Gasteiger partial charge in [-0.3, -0.25) is 0 Å². The van der Waals surface area contributed by atoms with Crippen LogP contribution in [0.1, 0.15) is 6.92 Å². The first-order valence-electron chi connectivity index (χ1n) is 2.44. The number of hydrogen-bond donors (Lipinski definition) is 2. The molecule has 0 spiro atoms. The van der Waals surface area contributed by atoms with E-state index in [9.17, 15) is 18.0 Å². The van der Waals surface area contributed by atoms with Crippen molar-refractivity contribution in [2.75, 3.05) is 6.54 Å². The van der Waals surface area contributed by atoms with E-state index >= 15 is 0 Å². The van der Waals surface area contributed by atoms with Crippen molar-refractivity contribution >= 4 is 7.32 Å². The molecular formula is C2H7BF4NO3+. The highest BCUT2D eigenvalue weighted by Crippen LogP contribution is 2.06. The van der Waals surface area contributed by atoms with Crippen LogP contribution in [0.15, 0.2) is 0 Å². The second-order valence-electron chi connectivity index (χ2n) is 1.28. The summed E-state index contributed by atoms with van der Waals surface area (Å²) in [6, 6.07) is 0. The number of rotatable bonds is 2. The van der Waals surface area contributed by atoms with Crippen LogP contribution < -0.4 is 0 Å². The molecule has 0 unspecified atom stereocenters. The SMILES string of the molecule is CC[N+](F)(F)F.OB(O)OF. The van der Waals surface area contributed by atoms with Gasteiger partial charge < -0.3 is 10.0 Å². The molecule has 0 aromatic rings. The second kappa shape index (κ2) is 6.34. The van der Waals surface area contributed by atoms with E-state index in [2.05, 4.69) is 4.86 Å². The van der Waals surface area contributed by atoms with Gasteiger partial charge in [-0.2, -0.15) is 4.86 Å². The van der Waals surface area contributed by atoms with Gasteiger partial charge in [-0.25, -0.2) is 0 Å². The minimum absolute atomic E-state index is 0.792. The maximum Gasteiger partial charge on any atom is 0.667 e. The lowest BCUT2D eigenvalue weighted by molar-refractivity contribution is -1.27. The molecule has 0 saturated carbocycles. The molecule has 0 rings (SSSR count). The van der Waals surface area contributed by atoms with Crippen molar-refractivity contribution in [3.63, 3.8) is 0 Å². The molecule has 0 aromatic carbocycles. The van der Waals surface area contributed by atoms with Gasteiger partial charge in [0.2, 0.25) is 5.15 Å². The number of halogens is 4. The topological polar surface area (TPSA) is 49.7 Å². The second-order valence-corrected chi connectivity index (χ2v) is 1.28. The third-order valence-electron chi connectivity index (χ3n) is 0.438. The first-order valence-corrected chi connectivity index (χ1v) is 2.44. The quantitative estimate of drug-likeness (QED) is 0.365. The molecule has 4 nitrogen and oxygen atoms in total. The first kappa shape index (κ1) is 13.2. The van der Waals surface area contributed by atoms with Gasteiger partial charge in [0, 0.05) is 0 Å². The van der Waals surface area contributed by atoms with Crippen molar-refractivity contribution in [3.05, 3.63) is 0 Å². The molecule has 2 N–H and O–H groups in total. The molecule has 0 atom stereocenters. The Labute approximate surface area is 60.1 Å². The Kier molecular flexibility index (Phi) is 7.63.